The molecule has 94 valence electrons. The minimum Gasteiger partial charge on any atom is -0.497 e. The number of ether oxygens (including phenoxy) is 2. The fourth-order valence-electron chi connectivity index (χ4n) is 1.48. The standard InChI is InChI=1S/C14H14O4/c1-10-7-13(15)14(9-17-10)18-8-11-3-5-12(16-2)6-4-11/h3-7,9H,8H2,1-2H3. The van der Waals surface area contributed by atoms with Crippen LogP contribution < -0.4 is 14.9 Å². The van der Waals surface area contributed by atoms with Crippen molar-refractivity contribution in [2.24, 2.45) is 0 Å². The van der Waals surface area contributed by atoms with Gasteiger partial charge < -0.3 is 13.9 Å². The molecular formula is C14H14O4. The van der Waals surface area contributed by atoms with Crippen molar-refractivity contribution < 1.29 is 13.9 Å². The molecule has 0 atom stereocenters. The summed E-state index contributed by atoms with van der Waals surface area (Å²) in [5, 5.41) is 0. The summed E-state index contributed by atoms with van der Waals surface area (Å²) < 4.78 is 15.6. The summed E-state index contributed by atoms with van der Waals surface area (Å²) in [6, 6.07) is 8.86. The van der Waals surface area contributed by atoms with Crippen molar-refractivity contribution in [3.8, 4) is 11.5 Å². The molecule has 0 N–H and O–H groups in total. The third kappa shape index (κ3) is 2.91. The normalized spacial score (nSPS) is 10.1. The van der Waals surface area contributed by atoms with Gasteiger partial charge in [0.25, 0.3) is 0 Å². The molecule has 1 aromatic carbocycles. The largest absolute Gasteiger partial charge is 0.497 e. The van der Waals surface area contributed by atoms with Crippen molar-refractivity contribution >= 4 is 0 Å². The third-order valence-corrected chi connectivity index (χ3v) is 2.48. The average molecular weight is 246 g/mol. The summed E-state index contributed by atoms with van der Waals surface area (Å²) >= 11 is 0. The van der Waals surface area contributed by atoms with E-state index in [0.29, 0.717) is 12.4 Å². The van der Waals surface area contributed by atoms with E-state index in [1.807, 2.05) is 24.3 Å². The number of rotatable bonds is 4. The molecule has 0 saturated heterocycles. The molecule has 0 spiro atoms. The van der Waals surface area contributed by atoms with Crippen molar-refractivity contribution in [3.05, 3.63) is 58.1 Å². The first kappa shape index (κ1) is 12.2. The zero-order valence-electron chi connectivity index (χ0n) is 10.3. The fourth-order valence-corrected chi connectivity index (χ4v) is 1.48. The van der Waals surface area contributed by atoms with Gasteiger partial charge in [-0.05, 0) is 24.6 Å². The van der Waals surface area contributed by atoms with Crippen LogP contribution in [0.25, 0.3) is 0 Å². The summed E-state index contributed by atoms with van der Waals surface area (Å²) in [4.78, 5) is 11.6. The molecular weight excluding hydrogens is 232 g/mol. The van der Waals surface area contributed by atoms with Crippen molar-refractivity contribution in [3.63, 3.8) is 0 Å². The van der Waals surface area contributed by atoms with E-state index in [1.54, 1.807) is 14.0 Å². The monoisotopic (exact) mass is 246 g/mol. The molecule has 0 aliphatic rings. The lowest BCUT2D eigenvalue weighted by molar-refractivity contribution is 0.290. The molecule has 4 nitrogen and oxygen atoms in total. The predicted octanol–water partition coefficient (Wildman–Crippen LogP) is 2.54. The van der Waals surface area contributed by atoms with Crippen LogP contribution >= 0.6 is 0 Å². The van der Waals surface area contributed by atoms with E-state index in [0.717, 1.165) is 11.3 Å². The number of hydrogen-bond acceptors (Lipinski definition) is 4. The second-order valence-electron chi connectivity index (χ2n) is 3.86. The van der Waals surface area contributed by atoms with E-state index in [-0.39, 0.29) is 11.2 Å². The van der Waals surface area contributed by atoms with Gasteiger partial charge >= 0.3 is 0 Å². The van der Waals surface area contributed by atoms with Gasteiger partial charge in [0.1, 0.15) is 24.4 Å². The first-order valence-electron chi connectivity index (χ1n) is 5.54. The van der Waals surface area contributed by atoms with Crippen molar-refractivity contribution in [1.82, 2.24) is 0 Å². The fraction of sp³-hybridized carbons (Fsp3) is 0.214. The molecule has 1 heterocycles. The molecule has 4 heteroatoms. The molecule has 0 amide bonds. The van der Waals surface area contributed by atoms with Crippen LogP contribution in [0.5, 0.6) is 11.5 Å². The second kappa shape index (κ2) is 5.40. The lowest BCUT2D eigenvalue weighted by atomic mass is 10.2. The molecule has 0 saturated carbocycles. The predicted molar refractivity (Wildman–Crippen MR) is 67.0 cm³/mol. The molecule has 0 radical (unpaired) electrons. The Labute approximate surface area is 105 Å². The number of hydrogen-bond donors (Lipinski definition) is 0. The van der Waals surface area contributed by atoms with Crippen LogP contribution in [-0.2, 0) is 6.61 Å². The number of benzene rings is 1. The zero-order valence-corrected chi connectivity index (χ0v) is 10.3. The Bertz CT molecular complexity index is 569. The molecule has 0 fully saturated rings. The maximum absolute atomic E-state index is 11.6. The van der Waals surface area contributed by atoms with Gasteiger partial charge in [0.15, 0.2) is 0 Å². The van der Waals surface area contributed by atoms with Crippen LogP contribution in [0, 0.1) is 6.92 Å². The lowest BCUT2D eigenvalue weighted by Gasteiger charge is -2.06. The SMILES string of the molecule is COc1ccc(COc2coc(C)cc2=O)cc1. The molecule has 1 aromatic heterocycles. The van der Waals surface area contributed by atoms with E-state index in [9.17, 15) is 4.79 Å². The summed E-state index contributed by atoms with van der Waals surface area (Å²) in [7, 11) is 1.61. The Kier molecular flexibility index (Phi) is 3.67. The van der Waals surface area contributed by atoms with Crippen molar-refractivity contribution in [2.75, 3.05) is 7.11 Å². The van der Waals surface area contributed by atoms with Gasteiger partial charge in [-0.15, -0.1) is 0 Å². The highest BCUT2D eigenvalue weighted by Gasteiger charge is 2.03. The van der Waals surface area contributed by atoms with E-state index in [1.165, 1.54) is 12.3 Å². The Morgan fingerprint density at radius 2 is 1.94 bits per heavy atom. The van der Waals surface area contributed by atoms with Crippen LogP contribution in [0.1, 0.15) is 11.3 Å². The quantitative estimate of drug-likeness (QED) is 0.831. The van der Waals surface area contributed by atoms with E-state index < -0.39 is 0 Å². The summed E-state index contributed by atoms with van der Waals surface area (Å²) in [6.45, 7) is 2.03. The van der Waals surface area contributed by atoms with Crippen LogP contribution in [0.4, 0.5) is 0 Å². The van der Waals surface area contributed by atoms with Gasteiger partial charge in [-0.1, -0.05) is 12.1 Å². The maximum atomic E-state index is 11.6. The smallest absolute Gasteiger partial charge is 0.226 e. The van der Waals surface area contributed by atoms with Gasteiger partial charge in [-0.3, -0.25) is 4.79 Å². The lowest BCUT2D eigenvalue weighted by Crippen LogP contribution is -2.07. The minimum atomic E-state index is -0.174. The second-order valence-corrected chi connectivity index (χ2v) is 3.86. The van der Waals surface area contributed by atoms with E-state index >= 15 is 0 Å². The topological polar surface area (TPSA) is 48.7 Å². The van der Waals surface area contributed by atoms with Gasteiger partial charge in [0, 0.05) is 6.07 Å². The summed E-state index contributed by atoms with van der Waals surface area (Å²) in [5.74, 6) is 1.57. The van der Waals surface area contributed by atoms with Gasteiger partial charge in [-0.2, -0.15) is 0 Å². The molecule has 0 bridgehead atoms. The first-order chi connectivity index (χ1) is 8.69. The van der Waals surface area contributed by atoms with Crippen LogP contribution in [0.3, 0.4) is 0 Å². The van der Waals surface area contributed by atoms with Crippen LogP contribution in [-0.4, -0.2) is 7.11 Å². The molecule has 0 unspecified atom stereocenters. The highest BCUT2D eigenvalue weighted by atomic mass is 16.5. The maximum Gasteiger partial charge on any atom is 0.226 e. The Balaban J connectivity index is 2.04. The molecule has 18 heavy (non-hydrogen) atoms. The summed E-state index contributed by atoms with van der Waals surface area (Å²) in [6.07, 6.45) is 1.33. The molecule has 0 aliphatic carbocycles. The Hall–Kier alpha value is -2.23. The van der Waals surface area contributed by atoms with Crippen LogP contribution in [0.15, 0.2) is 45.8 Å². The van der Waals surface area contributed by atoms with Crippen molar-refractivity contribution in [1.29, 1.82) is 0 Å². The molecule has 0 aliphatic heterocycles. The molecule has 2 rings (SSSR count). The Morgan fingerprint density at radius 1 is 1.22 bits per heavy atom. The van der Waals surface area contributed by atoms with Gasteiger partial charge in [0.2, 0.25) is 11.2 Å². The minimum absolute atomic E-state index is 0.174. The number of methoxy groups -OCH3 is 1. The van der Waals surface area contributed by atoms with Gasteiger partial charge in [-0.25, -0.2) is 0 Å². The van der Waals surface area contributed by atoms with E-state index in [4.69, 9.17) is 13.9 Å². The van der Waals surface area contributed by atoms with E-state index in [2.05, 4.69) is 0 Å². The van der Waals surface area contributed by atoms with Crippen molar-refractivity contribution in [2.45, 2.75) is 13.5 Å². The van der Waals surface area contributed by atoms with Gasteiger partial charge in [0.05, 0.1) is 7.11 Å². The first-order valence-corrected chi connectivity index (χ1v) is 5.54. The van der Waals surface area contributed by atoms with Crippen LogP contribution in [0.2, 0.25) is 0 Å². The third-order valence-electron chi connectivity index (χ3n) is 2.48. The summed E-state index contributed by atoms with van der Waals surface area (Å²) in [5.41, 5.74) is 0.781. The highest BCUT2D eigenvalue weighted by Crippen LogP contribution is 2.13. The number of aryl methyl sites for hydroxylation is 1. The molecule has 2 aromatic rings. The zero-order chi connectivity index (χ0) is 13.0. The average Bonchev–Trinajstić information content (AvgIpc) is 2.38. The highest BCUT2D eigenvalue weighted by molar-refractivity contribution is 5.27. The Morgan fingerprint density at radius 3 is 2.56 bits per heavy atom.